The molecule has 1 aliphatic rings. The van der Waals surface area contributed by atoms with Crippen LogP contribution in [0.4, 0.5) is 0 Å². The molecule has 1 heterocycles. The Morgan fingerprint density at radius 1 is 1.27 bits per heavy atom. The SMILES string of the molecule is COc1ccc(C(CNC(=O)CCl)N2CCCCC2)cc1.Cl. The molecule has 0 aromatic heterocycles. The lowest BCUT2D eigenvalue weighted by Crippen LogP contribution is -2.40. The van der Waals surface area contributed by atoms with Crippen molar-refractivity contribution in [3.63, 3.8) is 0 Å². The maximum Gasteiger partial charge on any atom is 0.234 e. The number of carbonyl (C=O) groups is 1. The fraction of sp³-hybridized carbons (Fsp3) is 0.562. The molecule has 0 aliphatic carbocycles. The van der Waals surface area contributed by atoms with Gasteiger partial charge in [-0.05, 0) is 43.6 Å². The summed E-state index contributed by atoms with van der Waals surface area (Å²) in [4.78, 5) is 13.9. The number of hydrogen-bond acceptors (Lipinski definition) is 3. The normalized spacial score (nSPS) is 16.5. The van der Waals surface area contributed by atoms with E-state index < -0.39 is 0 Å². The molecule has 1 N–H and O–H groups in total. The van der Waals surface area contributed by atoms with Gasteiger partial charge in [-0.1, -0.05) is 18.6 Å². The highest BCUT2D eigenvalue weighted by atomic mass is 35.5. The molecule has 0 saturated carbocycles. The maximum absolute atomic E-state index is 11.4. The van der Waals surface area contributed by atoms with Gasteiger partial charge >= 0.3 is 0 Å². The van der Waals surface area contributed by atoms with E-state index in [1.165, 1.54) is 24.8 Å². The Kier molecular flexibility index (Phi) is 8.61. The molecule has 4 nitrogen and oxygen atoms in total. The summed E-state index contributed by atoms with van der Waals surface area (Å²) >= 11 is 5.56. The first-order chi connectivity index (χ1) is 10.2. The van der Waals surface area contributed by atoms with Crippen molar-refractivity contribution < 1.29 is 9.53 Å². The van der Waals surface area contributed by atoms with Crippen LogP contribution in [0.2, 0.25) is 0 Å². The van der Waals surface area contributed by atoms with Crippen LogP contribution in [0.5, 0.6) is 5.75 Å². The van der Waals surface area contributed by atoms with Gasteiger partial charge in [0.25, 0.3) is 0 Å². The molecule has 1 atom stereocenters. The van der Waals surface area contributed by atoms with Crippen LogP contribution >= 0.6 is 24.0 Å². The molecule has 6 heteroatoms. The minimum Gasteiger partial charge on any atom is -0.497 e. The Morgan fingerprint density at radius 3 is 2.45 bits per heavy atom. The Balaban J connectivity index is 0.00000242. The molecule has 1 aromatic rings. The quantitative estimate of drug-likeness (QED) is 0.805. The number of alkyl halides is 1. The standard InChI is InChI=1S/C16H23ClN2O2.ClH/c1-21-14-7-5-13(6-8-14)15(12-18-16(20)11-17)19-9-3-2-4-10-19;/h5-8,15H,2-4,9-12H2,1H3,(H,18,20);1H. The van der Waals surface area contributed by atoms with Gasteiger partial charge in [-0.2, -0.15) is 0 Å². The molecular formula is C16H24Cl2N2O2. The third kappa shape index (κ3) is 5.34. The number of halogens is 2. The summed E-state index contributed by atoms with van der Waals surface area (Å²) in [6.07, 6.45) is 3.73. The van der Waals surface area contributed by atoms with Crippen molar-refractivity contribution in [1.29, 1.82) is 0 Å². The van der Waals surface area contributed by atoms with E-state index in [9.17, 15) is 4.79 Å². The topological polar surface area (TPSA) is 41.6 Å². The van der Waals surface area contributed by atoms with Crippen LogP contribution in [0.3, 0.4) is 0 Å². The number of ether oxygens (including phenoxy) is 1. The lowest BCUT2D eigenvalue weighted by Gasteiger charge is -2.35. The van der Waals surface area contributed by atoms with E-state index in [2.05, 4.69) is 22.3 Å². The van der Waals surface area contributed by atoms with Gasteiger partial charge in [0.1, 0.15) is 11.6 Å². The molecule has 1 saturated heterocycles. The van der Waals surface area contributed by atoms with Crippen molar-refractivity contribution in [2.24, 2.45) is 0 Å². The summed E-state index contributed by atoms with van der Waals surface area (Å²) in [7, 11) is 1.66. The Morgan fingerprint density at radius 2 is 1.91 bits per heavy atom. The van der Waals surface area contributed by atoms with E-state index in [0.29, 0.717) is 6.54 Å². The third-order valence-corrected chi connectivity index (χ3v) is 4.19. The largest absolute Gasteiger partial charge is 0.497 e. The van der Waals surface area contributed by atoms with Crippen molar-refractivity contribution in [3.05, 3.63) is 29.8 Å². The van der Waals surface area contributed by atoms with Crippen molar-refractivity contribution >= 4 is 29.9 Å². The minimum atomic E-state index is -0.118. The molecule has 0 bridgehead atoms. The molecule has 0 radical (unpaired) electrons. The number of nitrogens with one attached hydrogen (secondary N) is 1. The van der Waals surface area contributed by atoms with Crippen LogP contribution in [0.25, 0.3) is 0 Å². The first kappa shape index (κ1) is 19.1. The third-order valence-electron chi connectivity index (χ3n) is 3.95. The first-order valence-electron chi connectivity index (χ1n) is 7.45. The Labute approximate surface area is 143 Å². The molecular weight excluding hydrogens is 323 g/mol. The zero-order chi connectivity index (χ0) is 15.1. The van der Waals surface area contributed by atoms with Crippen molar-refractivity contribution in [2.45, 2.75) is 25.3 Å². The van der Waals surface area contributed by atoms with Gasteiger partial charge in [0.15, 0.2) is 0 Å². The summed E-state index contributed by atoms with van der Waals surface area (Å²) in [6.45, 7) is 2.75. The highest BCUT2D eigenvalue weighted by Crippen LogP contribution is 2.25. The molecule has 1 amide bonds. The van der Waals surface area contributed by atoms with Crippen LogP contribution < -0.4 is 10.1 Å². The number of carbonyl (C=O) groups excluding carboxylic acids is 1. The molecule has 22 heavy (non-hydrogen) atoms. The highest BCUT2D eigenvalue weighted by molar-refractivity contribution is 6.27. The average molecular weight is 347 g/mol. The zero-order valence-corrected chi connectivity index (χ0v) is 14.5. The molecule has 1 aliphatic heterocycles. The fourth-order valence-corrected chi connectivity index (χ4v) is 2.87. The smallest absolute Gasteiger partial charge is 0.234 e. The monoisotopic (exact) mass is 346 g/mol. The summed E-state index contributed by atoms with van der Waals surface area (Å²) in [5.41, 5.74) is 1.20. The second kappa shape index (κ2) is 9.93. The maximum atomic E-state index is 11.4. The van der Waals surface area contributed by atoms with Crippen molar-refractivity contribution in [1.82, 2.24) is 10.2 Å². The van der Waals surface area contributed by atoms with Crippen LogP contribution in [-0.2, 0) is 4.79 Å². The van der Waals surface area contributed by atoms with Gasteiger partial charge < -0.3 is 10.1 Å². The number of likely N-dealkylation sites (tertiary alicyclic amines) is 1. The molecule has 124 valence electrons. The zero-order valence-electron chi connectivity index (χ0n) is 12.9. The summed E-state index contributed by atoms with van der Waals surface area (Å²) in [6, 6.07) is 8.28. The van der Waals surface area contributed by atoms with Gasteiger partial charge in [0, 0.05) is 6.54 Å². The molecule has 1 unspecified atom stereocenters. The molecule has 0 spiro atoms. The first-order valence-corrected chi connectivity index (χ1v) is 7.98. The fourth-order valence-electron chi connectivity index (χ4n) is 2.77. The number of hydrogen-bond donors (Lipinski definition) is 1. The predicted molar refractivity (Wildman–Crippen MR) is 92.1 cm³/mol. The van der Waals surface area contributed by atoms with Crippen LogP contribution in [0.1, 0.15) is 30.9 Å². The number of amides is 1. The Bertz CT molecular complexity index is 448. The lowest BCUT2D eigenvalue weighted by atomic mass is 10.0. The minimum absolute atomic E-state index is 0. The van der Waals surface area contributed by atoms with Crippen LogP contribution in [-0.4, -0.2) is 43.4 Å². The second-order valence-corrected chi connectivity index (χ2v) is 5.59. The average Bonchev–Trinajstić information content (AvgIpc) is 2.56. The summed E-state index contributed by atoms with van der Waals surface area (Å²) < 4.78 is 5.21. The molecule has 2 rings (SSSR count). The van der Waals surface area contributed by atoms with Gasteiger partial charge in [-0.3, -0.25) is 9.69 Å². The van der Waals surface area contributed by atoms with Gasteiger partial charge in [0.05, 0.1) is 13.2 Å². The van der Waals surface area contributed by atoms with Crippen LogP contribution in [0, 0.1) is 0 Å². The van der Waals surface area contributed by atoms with Crippen molar-refractivity contribution in [2.75, 3.05) is 32.6 Å². The Hall–Kier alpha value is -0.970. The van der Waals surface area contributed by atoms with Gasteiger partial charge in [0.2, 0.25) is 5.91 Å². The van der Waals surface area contributed by atoms with E-state index in [1.54, 1.807) is 7.11 Å². The lowest BCUT2D eigenvalue weighted by molar-refractivity contribution is -0.118. The van der Waals surface area contributed by atoms with E-state index in [4.69, 9.17) is 16.3 Å². The number of benzene rings is 1. The summed E-state index contributed by atoms with van der Waals surface area (Å²) in [5, 5.41) is 2.91. The van der Waals surface area contributed by atoms with E-state index in [1.807, 2.05) is 12.1 Å². The highest BCUT2D eigenvalue weighted by Gasteiger charge is 2.22. The molecule has 1 aromatic carbocycles. The second-order valence-electron chi connectivity index (χ2n) is 5.32. The number of rotatable bonds is 6. The van der Waals surface area contributed by atoms with Crippen LogP contribution in [0.15, 0.2) is 24.3 Å². The summed E-state index contributed by atoms with van der Waals surface area (Å²) in [5.74, 6) is 0.739. The van der Waals surface area contributed by atoms with E-state index in [-0.39, 0.29) is 30.2 Å². The van der Waals surface area contributed by atoms with E-state index in [0.717, 1.165) is 18.8 Å². The predicted octanol–water partition coefficient (Wildman–Crippen LogP) is 3.00. The van der Waals surface area contributed by atoms with E-state index >= 15 is 0 Å². The molecule has 1 fully saturated rings. The number of methoxy groups -OCH3 is 1. The van der Waals surface area contributed by atoms with Gasteiger partial charge in [-0.15, -0.1) is 24.0 Å². The number of nitrogens with zero attached hydrogens (tertiary/aromatic N) is 1. The van der Waals surface area contributed by atoms with Crippen molar-refractivity contribution in [3.8, 4) is 5.75 Å². The van der Waals surface area contributed by atoms with Gasteiger partial charge in [-0.25, -0.2) is 0 Å². The number of piperidine rings is 1.